The molecule has 4 heteroatoms. The Bertz CT molecular complexity index is 499. The first kappa shape index (κ1) is 10.8. The van der Waals surface area contributed by atoms with Gasteiger partial charge in [-0.1, -0.05) is 0 Å². The van der Waals surface area contributed by atoms with Crippen molar-refractivity contribution in [3.63, 3.8) is 0 Å². The molecule has 0 saturated heterocycles. The van der Waals surface area contributed by atoms with Gasteiger partial charge in [0.25, 0.3) is 0 Å². The van der Waals surface area contributed by atoms with Crippen LogP contribution in [0.4, 0.5) is 0 Å². The average molecular weight is 216 g/mol. The number of hydrogen-bond donors (Lipinski definition) is 1. The van der Waals surface area contributed by atoms with E-state index >= 15 is 0 Å². The second kappa shape index (κ2) is 4.06. The minimum Gasteiger partial charge on any atom is -0.324 e. The Balaban J connectivity index is 2.48. The third kappa shape index (κ3) is 1.97. The fourth-order valence-corrected chi connectivity index (χ4v) is 1.69. The van der Waals surface area contributed by atoms with Crippen LogP contribution in [0.5, 0.6) is 0 Å². The maximum Gasteiger partial charge on any atom is 0.153 e. The van der Waals surface area contributed by atoms with Crippen molar-refractivity contribution in [2.24, 2.45) is 5.73 Å². The zero-order chi connectivity index (χ0) is 11.7. The molecule has 2 aromatic rings. The molecule has 0 spiro atoms. The third-order valence-electron chi connectivity index (χ3n) is 2.52. The summed E-state index contributed by atoms with van der Waals surface area (Å²) >= 11 is 0. The molecule has 2 heterocycles. The first-order chi connectivity index (χ1) is 7.58. The van der Waals surface area contributed by atoms with E-state index in [1.54, 1.807) is 6.20 Å². The van der Waals surface area contributed by atoms with Crippen LogP contribution >= 0.6 is 0 Å². The molecule has 0 bridgehead atoms. The van der Waals surface area contributed by atoms with Crippen LogP contribution in [-0.2, 0) is 0 Å². The molecule has 1 atom stereocenters. The number of rotatable bonds is 2. The monoisotopic (exact) mass is 216 g/mol. The fraction of sp³-hybridized carbons (Fsp3) is 0.333. The lowest BCUT2D eigenvalue weighted by atomic mass is 10.1. The van der Waals surface area contributed by atoms with Crippen molar-refractivity contribution in [3.05, 3.63) is 41.3 Å². The largest absolute Gasteiger partial charge is 0.324 e. The molecule has 0 amide bonds. The van der Waals surface area contributed by atoms with Crippen molar-refractivity contribution < 1.29 is 0 Å². The predicted octanol–water partition coefficient (Wildman–Crippen LogP) is 1.90. The van der Waals surface area contributed by atoms with Gasteiger partial charge < -0.3 is 5.73 Å². The van der Waals surface area contributed by atoms with Crippen LogP contribution in [0.2, 0.25) is 0 Å². The molecule has 2 aromatic heterocycles. The van der Waals surface area contributed by atoms with Crippen LogP contribution in [0.25, 0.3) is 5.82 Å². The van der Waals surface area contributed by atoms with E-state index in [1.165, 1.54) is 0 Å². The SMILES string of the molecule is Cc1cc(C)n(-c2cc([C@H](C)N)ccn2)n1. The summed E-state index contributed by atoms with van der Waals surface area (Å²) < 4.78 is 1.83. The lowest BCUT2D eigenvalue weighted by molar-refractivity contribution is 0.780. The first-order valence-electron chi connectivity index (χ1n) is 5.33. The van der Waals surface area contributed by atoms with Crippen LogP contribution in [0, 0.1) is 13.8 Å². The molecule has 0 fully saturated rings. The van der Waals surface area contributed by atoms with E-state index < -0.39 is 0 Å². The fourth-order valence-electron chi connectivity index (χ4n) is 1.69. The topological polar surface area (TPSA) is 56.7 Å². The summed E-state index contributed by atoms with van der Waals surface area (Å²) in [4.78, 5) is 4.31. The summed E-state index contributed by atoms with van der Waals surface area (Å²) in [6.07, 6.45) is 1.77. The lowest BCUT2D eigenvalue weighted by Crippen LogP contribution is -2.08. The standard InChI is InChI=1S/C12H16N4/c1-8-6-9(2)16(15-8)12-7-11(10(3)13)4-5-14-12/h4-7,10H,13H2,1-3H3/t10-/m0/s1. The highest BCUT2D eigenvalue weighted by molar-refractivity contribution is 5.31. The summed E-state index contributed by atoms with van der Waals surface area (Å²) in [6.45, 7) is 5.94. The van der Waals surface area contributed by atoms with Gasteiger partial charge in [-0.15, -0.1) is 0 Å². The predicted molar refractivity (Wildman–Crippen MR) is 63.4 cm³/mol. The quantitative estimate of drug-likeness (QED) is 0.834. The van der Waals surface area contributed by atoms with Crippen molar-refractivity contribution in [3.8, 4) is 5.82 Å². The van der Waals surface area contributed by atoms with Crippen LogP contribution in [0.15, 0.2) is 24.4 Å². The van der Waals surface area contributed by atoms with Gasteiger partial charge >= 0.3 is 0 Å². The van der Waals surface area contributed by atoms with Gasteiger partial charge in [0.2, 0.25) is 0 Å². The second-order valence-electron chi connectivity index (χ2n) is 4.07. The molecule has 0 unspecified atom stereocenters. The zero-order valence-electron chi connectivity index (χ0n) is 9.81. The highest BCUT2D eigenvalue weighted by atomic mass is 15.3. The molecule has 0 aliphatic rings. The van der Waals surface area contributed by atoms with Gasteiger partial charge in [0.05, 0.1) is 5.69 Å². The maximum absolute atomic E-state index is 5.85. The van der Waals surface area contributed by atoms with Crippen LogP contribution in [0.1, 0.15) is 29.9 Å². The van der Waals surface area contributed by atoms with Gasteiger partial charge in [-0.05, 0) is 44.5 Å². The van der Waals surface area contributed by atoms with Crippen LogP contribution < -0.4 is 5.73 Å². The molecule has 0 radical (unpaired) electrons. The van der Waals surface area contributed by atoms with Crippen molar-refractivity contribution in [2.75, 3.05) is 0 Å². The molecule has 16 heavy (non-hydrogen) atoms. The Morgan fingerprint density at radius 2 is 2.06 bits per heavy atom. The van der Waals surface area contributed by atoms with E-state index in [0.29, 0.717) is 0 Å². The summed E-state index contributed by atoms with van der Waals surface area (Å²) in [5.41, 5.74) is 8.98. The summed E-state index contributed by atoms with van der Waals surface area (Å²) in [7, 11) is 0. The normalized spacial score (nSPS) is 12.8. The van der Waals surface area contributed by atoms with E-state index in [4.69, 9.17) is 5.73 Å². The van der Waals surface area contributed by atoms with Crippen LogP contribution in [0.3, 0.4) is 0 Å². The summed E-state index contributed by atoms with van der Waals surface area (Å²) in [5, 5.41) is 4.39. The molecule has 4 nitrogen and oxygen atoms in total. The molecule has 2 rings (SSSR count). The van der Waals surface area contributed by atoms with Crippen molar-refractivity contribution in [1.29, 1.82) is 0 Å². The highest BCUT2D eigenvalue weighted by Crippen LogP contribution is 2.14. The smallest absolute Gasteiger partial charge is 0.153 e. The Hall–Kier alpha value is -1.68. The molecule has 0 aromatic carbocycles. The number of aromatic nitrogens is 3. The van der Waals surface area contributed by atoms with Gasteiger partial charge in [-0.25, -0.2) is 9.67 Å². The Morgan fingerprint density at radius 1 is 1.31 bits per heavy atom. The van der Waals surface area contributed by atoms with Gasteiger partial charge in [-0.3, -0.25) is 0 Å². The average Bonchev–Trinajstić information content (AvgIpc) is 2.58. The van der Waals surface area contributed by atoms with Gasteiger partial charge in [-0.2, -0.15) is 5.10 Å². The summed E-state index contributed by atoms with van der Waals surface area (Å²) in [6, 6.07) is 5.95. The highest BCUT2D eigenvalue weighted by Gasteiger charge is 2.07. The minimum atomic E-state index is 0.0127. The molecule has 0 aliphatic carbocycles. The number of hydrogen-bond acceptors (Lipinski definition) is 3. The Kier molecular flexibility index (Phi) is 2.75. The van der Waals surface area contributed by atoms with Gasteiger partial charge in [0, 0.05) is 17.9 Å². The lowest BCUT2D eigenvalue weighted by Gasteiger charge is -2.08. The van der Waals surface area contributed by atoms with Crippen molar-refractivity contribution >= 4 is 0 Å². The van der Waals surface area contributed by atoms with E-state index in [1.807, 2.05) is 43.7 Å². The Morgan fingerprint density at radius 3 is 2.62 bits per heavy atom. The zero-order valence-corrected chi connectivity index (χ0v) is 9.81. The molecular formula is C12H16N4. The number of aryl methyl sites for hydroxylation is 2. The molecule has 0 aliphatic heterocycles. The van der Waals surface area contributed by atoms with Crippen molar-refractivity contribution in [1.82, 2.24) is 14.8 Å². The van der Waals surface area contributed by atoms with E-state index in [-0.39, 0.29) is 6.04 Å². The van der Waals surface area contributed by atoms with E-state index in [0.717, 1.165) is 22.8 Å². The molecular weight excluding hydrogens is 200 g/mol. The van der Waals surface area contributed by atoms with Gasteiger partial charge in [0.15, 0.2) is 5.82 Å². The summed E-state index contributed by atoms with van der Waals surface area (Å²) in [5.74, 6) is 0.820. The van der Waals surface area contributed by atoms with E-state index in [2.05, 4.69) is 10.1 Å². The van der Waals surface area contributed by atoms with Gasteiger partial charge in [0.1, 0.15) is 0 Å². The first-order valence-corrected chi connectivity index (χ1v) is 5.33. The molecule has 84 valence electrons. The molecule has 2 N–H and O–H groups in total. The maximum atomic E-state index is 5.85. The number of nitrogens with zero attached hydrogens (tertiary/aromatic N) is 3. The minimum absolute atomic E-state index is 0.0127. The van der Waals surface area contributed by atoms with E-state index in [9.17, 15) is 0 Å². The number of pyridine rings is 1. The van der Waals surface area contributed by atoms with Crippen molar-refractivity contribution in [2.45, 2.75) is 26.8 Å². The van der Waals surface area contributed by atoms with Crippen LogP contribution in [-0.4, -0.2) is 14.8 Å². The molecule has 0 saturated carbocycles. The Labute approximate surface area is 95.1 Å². The number of nitrogens with two attached hydrogens (primary N) is 1. The second-order valence-corrected chi connectivity index (χ2v) is 4.07. The third-order valence-corrected chi connectivity index (χ3v) is 2.52.